The molecule has 10 heteroatoms. The Kier molecular flexibility index (Phi) is 9.66. The van der Waals surface area contributed by atoms with Gasteiger partial charge < -0.3 is 14.7 Å². The van der Waals surface area contributed by atoms with Crippen LogP contribution in [0.5, 0.6) is 0 Å². The Morgan fingerprint density at radius 2 is 1.60 bits per heavy atom. The first kappa shape index (κ1) is 35.0. The third-order valence-electron chi connectivity index (χ3n) is 10.8. The van der Waals surface area contributed by atoms with Crippen molar-refractivity contribution in [3.05, 3.63) is 69.1 Å². The van der Waals surface area contributed by atoms with E-state index in [1.807, 2.05) is 39.0 Å². The highest BCUT2D eigenvalue weighted by atomic mass is 16.5. The maximum atomic E-state index is 14.6. The summed E-state index contributed by atoms with van der Waals surface area (Å²) in [6.45, 7) is 14.0. The quantitative estimate of drug-likeness (QED) is 0.147. The minimum atomic E-state index is -0.406. The van der Waals surface area contributed by atoms with Gasteiger partial charge in [-0.15, -0.1) is 0 Å². The van der Waals surface area contributed by atoms with E-state index in [2.05, 4.69) is 30.7 Å². The van der Waals surface area contributed by atoms with Crippen LogP contribution in [-0.4, -0.2) is 62.1 Å². The van der Waals surface area contributed by atoms with Crippen molar-refractivity contribution >= 4 is 56.9 Å². The molecule has 262 valence electrons. The number of nitrogens with one attached hydrogen (secondary N) is 2. The van der Waals surface area contributed by atoms with Gasteiger partial charge in [-0.1, -0.05) is 40.0 Å². The second-order valence-corrected chi connectivity index (χ2v) is 13.8. The molecule has 0 unspecified atom stereocenters. The number of ether oxygens (including phenoxy) is 1. The third kappa shape index (κ3) is 5.88. The molecule has 2 aromatic rings. The summed E-state index contributed by atoms with van der Waals surface area (Å²) in [5.41, 5.74) is 9.73. The fourth-order valence-electron chi connectivity index (χ4n) is 7.84. The van der Waals surface area contributed by atoms with E-state index in [-0.39, 0.29) is 42.3 Å². The molecular weight excluding hydrogens is 630 g/mol. The number of ketones is 1. The topological polar surface area (TPSA) is 138 Å². The number of methoxy groups -OCH3 is 1. The number of hydrogen-bond donors (Lipinski definition) is 2. The van der Waals surface area contributed by atoms with Crippen molar-refractivity contribution in [1.29, 1.82) is 0 Å². The molecule has 0 fully saturated rings. The Bertz CT molecular complexity index is 2080. The van der Waals surface area contributed by atoms with Gasteiger partial charge in [0.1, 0.15) is 0 Å². The van der Waals surface area contributed by atoms with Crippen LogP contribution in [0.1, 0.15) is 159 Å². The average molecular weight is 678 g/mol. The highest BCUT2D eigenvalue weighted by Crippen LogP contribution is 2.43. The molecule has 0 aliphatic carbocycles. The molecule has 0 spiro atoms. The first-order chi connectivity index (χ1) is 23.9. The smallest absolute Gasteiger partial charge is 0.305 e. The molecule has 6 heterocycles. The van der Waals surface area contributed by atoms with Crippen molar-refractivity contribution in [3.63, 3.8) is 0 Å². The van der Waals surface area contributed by atoms with E-state index in [1.54, 1.807) is 6.92 Å². The molecule has 2 amide bonds. The van der Waals surface area contributed by atoms with E-state index < -0.39 is 5.91 Å². The Hall–Kier alpha value is -4.86. The van der Waals surface area contributed by atoms with Gasteiger partial charge in [0.25, 0.3) is 11.8 Å². The van der Waals surface area contributed by atoms with Crippen LogP contribution >= 0.6 is 0 Å². The zero-order valence-electron chi connectivity index (χ0n) is 30.4. The average Bonchev–Trinajstić information content (AvgIpc) is 3.76. The number of esters is 1. The SMILES string of the molecule is CCCCCCN1C(=O)c2c3nc(cc4nc(cc5[nH]c(cc6[nH]c2c(c6C)C1=O)[C@H](CC)[C@H]5C)C(C(C)=O)=C4C)C(C)=C3CCC(=O)OC. The van der Waals surface area contributed by atoms with Crippen molar-refractivity contribution in [2.75, 3.05) is 13.7 Å². The first-order valence-electron chi connectivity index (χ1n) is 17.8. The third-order valence-corrected chi connectivity index (χ3v) is 10.8. The molecule has 0 aromatic carbocycles. The normalized spacial score (nSPS) is 17.9. The number of allylic oxidation sites excluding steroid dienone is 4. The monoisotopic (exact) mass is 677 g/mol. The number of Topliss-reactive ketones (excluding diaryl/α,β-unsaturated/α-hetero) is 1. The van der Waals surface area contributed by atoms with Crippen molar-refractivity contribution in [2.24, 2.45) is 0 Å². The molecule has 2 N–H and O–H groups in total. The summed E-state index contributed by atoms with van der Waals surface area (Å²) in [6.07, 6.45) is 4.90. The number of rotatable bonds is 10. The van der Waals surface area contributed by atoms with Gasteiger partial charge >= 0.3 is 5.97 Å². The number of hydrogen-bond acceptors (Lipinski definition) is 7. The van der Waals surface area contributed by atoms with E-state index in [1.165, 1.54) is 12.0 Å². The standard InChI is InChI=1S/C40H47N5O5/c1-9-11-12-13-16-45-39(48)35-23(6)30-18-31-25(10-2)20(3)27(41-31)19-32-34(24(7)46)22(5)29(42-32)17-28-21(4)26(14-15-33(47)50-8)37(43-28)36(40(45)49)38(35)44-30/h17-20,25,41,44H,9-16H2,1-8H3/t20-,25-/m1/s1. The molecule has 6 rings (SSSR count). The second kappa shape index (κ2) is 13.8. The van der Waals surface area contributed by atoms with Crippen molar-refractivity contribution in [1.82, 2.24) is 24.8 Å². The van der Waals surface area contributed by atoms with Crippen LogP contribution in [0.3, 0.4) is 0 Å². The summed E-state index contributed by atoms with van der Waals surface area (Å²) in [5.74, 6) is -0.891. The van der Waals surface area contributed by atoms with Gasteiger partial charge in [0.05, 0.1) is 46.5 Å². The minimum absolute atomic E-state index is 0.0756. The van der Waals surface area contributed by atoms with Gasteiger partial charge in [0.2, 0.25) is 0 Å². The van der Waals surface area contributed by atoms with Crippen LogP contribution in [0.15, 0.2) is 18.2 Å². The van der Waals surface area contributed by atoms with Crippen molar-refractivity contribution in [3.8, 4) is 0 Å². The Balaban J connectivity index is 1.75. The molecule has 2 aromatic heterocycles. The van der Waals surface area contributed by atoms with Crippen LogP contribution in [0.2, 0.25) is 0 Å². The summed E-state index contributed by atoms with van der Waals surface area (Å²) < 4.78 is 4.98. The number of nitrogens with zero attached hydrogens (tertiary/aromatic N) is 3. The number of unbranched alkanes of at least 4 members (excludes halogenated alkanes) is 3. The number of fused-ring (bicyclic) bond motifs is 8. The number of amides is 2. The molecule has 0 radical (unpaired) electrons. The van der Waals surface area contributed by atoms with Gasteiger partial charge in [-0.05, 0) is 87.4 Å². The maximum absolute atomic E-state index is 14.6. The van der Waals surface area contributed by atoms with Crippen LogP contribution in [0.4, 0.5) is 0 Å². The number of aromatic nitrogens is 4. The number of imide groups is 1. The molecule has 0 saturated carbocycles. The molecule has 0 saturated heterocycles. The Morgan fingerprint density at radius 1 is 0.880 bits per heavy atom. The van der Waals surface area contributed by atoms with Crippen LogP contribution in [-0.2, 0) is 14.3 Å². The lowest BCUT2D eigenvalue weighted by Gasteiger charge is -2.26. The molecule has 4 aliphatic rings. The lowest BCUT2D eigenvalue weighted by molar-refractivity contribution is -0.140. The number of aromatic amines is 2. The zero-order chi connectivity index (χ0) is 36.0. The Morgan fingerprint density at radius 3 is 2.28 bits per heavy atom. The van der Waals surface area contributed by atoms with Crippen LogP contribution < -0.4 is 0 Å². The summed E-state index contributed by atoms with van der Waals surface area (Å²) in [4.78, 5) is 72.8. The van der Waals surface area contributed by atoms with E-state index >= 15 is 0 Å². The molecular formula is C40H47N5O5. The number of carbonyl (C=O) groups excluding carboxylic acids is 4. The fourth-order valence-corrected chi connectivity index (χ4v) is 7.84. The molecule has 8 bridgehead atoms. The maximum Gasteiger partial charge on any atom is 0.305 e. The van der Waals surface area contributed by atoms with E-state index in [4.69, 9.17) is 14.7 Å². The summed E-state index contributed by atoms with van der Waals surface area (Å²) in [6, 6.07) is 5.89. The van der Waals surface area contributed by atoms with Gasteiger partial charge in [-0.2, -0.15) is 0 Å². The molecule has 4 aliphatic heterocycles. The summed E-state index contributed by atoms with van der Waals surface area (Å²) in [5, 5.41) is 0. The van der Waals surface area contributed by atoms with Crippen molar-refractivity contribution < 1.29 is 23.9 Å². The fraction of sp³-hybridized carbons (Fsp3) is 0.450. The molecule has 50 heavy (non-hydrogen) atoms. The lowest BCUT2D eigenvalue weighted by Crippen LogP contribution is -2.41. The predicted molar refractivity (Wildman–Crippen MR) is 195 cm³/mol. The number of carbonyl (C=O) groups is 4. The Labute approximate surface area is 293 Å². The molecule has 10 nitrogen and oxygen atoms in total. The summed E-state index contributed by atoms with van der Waals surface area (Å²) in [7, 11) is 1.35. The van der Waals surface area contributed by atoms with Gasteiger partial charge in [-0.3, -0.25) is 24.1 Å². The van der Waals surface area contributed by atoms with Gasteiger partial charge in [-0.25, -0.2) is 9.97 Å². The lowest BCUT2D eigenvalue weighted by atomic mass is 9.89. The zero-order valence-corrected chi connectivity index (χ0v) is 30.4. The van der Waals surface area contributed by atoms with Gasteiger partial charge in [0.15, 0.2) is 5.78 Å². The van der Waals surface area contributed by atoms with Crippen LogP contribution in [0.25, 0.3) is 33.3 Å². The largest absolute Gasteiger partial charge is 0.469 e. The van der Waals surface area contributed by atoms with Crippen molar-refractivity contribution in [2.45, 2.75) is 105 Å². The first-order valence-corrected chi connectivity index (χ1v) is 17.8. The minimum Gasteiger partial charge on any atom is -0.469 e. The van der Waals surface area contributed by atoms with E-state index in [0.717, 1.165) is 64.9 Å². The van der Waals surface area contributed by atoms with E-state index in [0.29, 0.717) is 58.0 Å². The highest BCUT2D eigenvalue weighted by Gasteiger charge is 2.38. The highest BCUT2D eigenvalue weighted by molar-refractivity contribution is 6.27. The number of H-pyrrole nitrogens is 2. The van der Waals surface area contributed by atoms with Crippen LogP contribution in [0, 0.1) is 6.92 Å². The molecule has 2 atom stereocenters. The number of aryl methyl sites for hydroxylation is 1. The second-order valence-electron chi connectivity index (χ2n) is 13.8. The van der Waals surface area contributed by atoms with Gasteiger partial charge in [0, 0.05) is 47.3 Å². The summed E-state index contributed by atoms with van der Waals surface area (Å²) >= 11 is 0. The van der Waals surface area contributed by atoms with E-state index in [9.17, 15) is 19.2 Å². The predicted octanol–water partition coefficient (Wildman–Crippen LogP) is 8.22.